The first-order valence-corrected chi connectivity index (χ1v) is 17.3. The summed E-state index contributed by atoms with van der Waals surface area (Å²) in [6.07, 6.45) is 4.47. The van der Waals surface area contributed by atoms with Gasteiger partial charge in [0, 0.05) is 73.1 Å². The van der Waals surface area contributed by atoms with Crippen LogP contribution in [0.1, 0.15) is 34.1 Å². The molecule has 0 saturated carbocycles. The highest BCUT2D eigenvalue weighted by molar-refractivity contribution is 7.92. The second-order valence-corrected chi connectivity index (χ2v) is 13.3. The average Bonchev–Trinajstić information content (AvgIpc) is 3.48. The fraction of sp³-hybridized carbons (Fsp3) is 0.257. The van der Waals surface area contributed by atoms with Gasteiger partial charge in [0.15, 0.2) is 5.78 Å². The van der Waals surface area contributed by atoms with Crippen LogP contribution >= 0.6 is 0 Å². The molecule has 2 aromatic heterocycles. The fourth-order valence-electron chi connectivity index (χ4n) is 5.94. The van der Waals surface area contributed by atoms with E-state index in [9.17, 15) is 26.8 Å². The van der Waals surface area contributed by atoms with Crippen LogP contribution in [0.25, 0.3) is 33.4 Å². The van der Waals surface area contributed by atoms with Gasteiger partial charge in [-0.3, -0.25) is 13.9 Å². The number of halogens is 2. The maximum Gasteiger partial charge on any atom is 0.253 e. The van der Waals surface area contributed by atoms with Gasteiger partial charge in [-0.05, 0) is 54.1 Å². The molecule has 0 aliphatic carbocycles. The summed E-state index contributed by atoms with van der Waals surface area (Å²) in [5.41, 5.74) is 2.27. The van der Waals surface area contributed by atoms with Crippen molar-refractivity contribution in [2.45, 2.75) is 13.3 Å². The number of benzene rings is 3. The van der Waals surface area contributed by atoms with Crippen molar-refractivity contribution in [1.82, 2.24) is 14.9 Å². The zero-order chi connectivity index (χ0) is 34.0. The van der Waals surface area contributed by atoms with Gasteiger partial charge in [-0.2, -0.15) is 0 Å². The molecule has 0 unspecified atom stereocenters. The second-order valence-electron chi connectivity index (χ2n) is 11.4. The number of anilines is 2. The topological polar surface area (TPSA) is 117 Å². The molecule has 3 aromatic carbocycles. The molecule has 0 radical (unpaired) electrons. The standard InChI is InChI=1S/C35H33F2N5O5S/c1-3-30(43)32-28-21-27(24-6-4-7-25(20-24)34(44)40-16-18-41(19-17-40)35-38-13-5-14-39-35)29(42(15-12-36)48(2,45)46)22-31(28)47-33(32)23-8-10-26(37)11-9-23/h4-11,13-14,20-22H,3,12,15-19H2,1-2H3. The number of nitrogens with zero attached hydrogens (tertiary/aromatic N) is 5. The molecular weight excluding hydrogens is 640 g/mol. The van der Waals surface area contributed by atoms with E-state index in [1.165, 1.54) is 30.3 Å². The lowest BCUT2D eigenvalue weighted by atomic mass is 9.95. The van der Waals surface area contributed by atoms with Crippen molar-refractivity contribution in [1.29, 1.82) is 0 Å². The molecule has 0 atom stereocenters. The quantitative estimate of drug-likeness (QED) is 0.166. The number of rotatable bonds is 10. The number of furan rings is 1. The van der Waals surface area contributed by atoms with E-state index in [-0.39, 0.29) is 40.7 Å². The lowest BCUT2D eigenvalue weighted by Gasteiger charge is -2.34. The van der Waals surface area contributed by atoms with Crippen molar-refractivity contribution in [3.8, 4) is 22.5 Å². The van der Waals surface area contributed by atoms with Gasteiger partial charge in [0.05, 0.1) is 24.1 Å². The summed E-state index contributed by atoms with van der Waals surface area (Å²) in [6.45, 7) is 2.28. The Kier molecular flexibility index (Phi) is 9.22. The third-order valence-corrected chi connectivity index (χ3v) is 9.47. The maximum absolute atomic E-state index is 13.8. The summed E-state index contributed by atoms with van der Waals surface area (Å²) in [7, 11) is -3.98. The van der Waals surface area contributed by atoms with E-state index in [0.717, 1.165) is 10.6 Å². The highest BCUT2D eigenvalue weighted by Gasteiger charge is 2.28. The molecule has 3 heterocycles. The van der Waals surface area contributed by atoms with Crippen molar-refractivity contribution in [2.75, 3.05) is 54.9 Å². The zero-order valence-electron chi connectivity index (χ0n) is 26.4. The fourth-order valence-corrected chi connectivity index (χ4v) is 6.84. The van der Waals surface area contributed by atoms with E-state index < -0.39 is 29.1 Å². The molecule has 1 amide bonds. The number of hydrogen-bond acceptors (Lipinski definition) is 8. The number of Topliss-reactive ketones (excluding diaryl/α,β-unsaturated/α-hetero) is 1. The summed E-state index contributed by atoms with van der Waals surface area (Å²) in [4.78, 5) is 39.4. The van der Waals surface area contributed by atoms with Crippen LogP contribution in [0.3, 0.4) is 0 Å². The van der Waals surface area contributed by atoms with E-state index in [1.807, 2.05) is 4.90 Å². The summed E-state index contributed by atoms with van der Waals surface area (Å²) in [5, 5.41) is 0.407. The first-order valence-electron chi connectivity index (χ1n) is 15.4. The van der Waals surface area contributed by atoms with Gasteiger partial charge in [-0.25, -0.2) is 27.2 Å². The molecule has 48 heavy (non-hydrogen) atoms. The van der Waals surface area contributed by atoms with Crippen LogP contribution in [0.15, 0.2) is 83.5 Å². The van der Waals surface area contributed by atoms with Crippen LogP contribution in [-0.2, 0) is 10.0 Å². The molecule has 6 rings (SSSR count). The third-order valence-electron chi connectivity index (χ3n) is 8.29. The Balaban J connectivity index is 1.45. The summed E-state index contributed by atoms with van der Waals surface area (Å²) < 4.78 is 60.7. The normalized spacial score (nSPS) is 13.6. The van der Waals surface area contributed by atoms with Gasteiger partial charge < -0.3 is 14.2 Å². The van der Waals surface area contributed by atoms with E-state index in [1.54, 1.807) is 60.6 Å². The minimum atomic E-state index is -3.98. The summed E-state index contributed by atoms with van der Waals surface area (Å²) in [5.74, 6) is -0.0966. The zero-order valence-corrected chi connectivity index (χ0v) is 27.2. The van der Waals surface area contributed by atoms with Gasteiger partial charge in [0.2, 0.25) is 16.0 Å². The van der Waals surface area contributed by atoms with Crippen molar-refractivity contribution in [2.24, 2.45) is 0 Å². The highest BCUT2D eigenvalue weighted by Crippen LogP contribution is 2.42. The van der Waals surface area contributed by atoms with E-state index in [0.29, 0.717) is 59.8 Å². The lowest BCUT2D eigenvalue weighted by Crippen LogP contribution is -2.49. The number of hydrogen-bond donors (Lipinski definition) is 0. The SMILES string of the molecule is CCC(=O)c1c(-c2ccc(F)cc2)oc2cc(N(CCF)S(C)(=O)=O)c(-c3cccc(C(=O)N4CCN(c5ncccn5)CC4)c3)cc12. The average molecular weight is 674 g/mol. The van der Waals surface area contributed by atoms with Crippen molar-refractivity contribution in [3.05, 3.63) is 96.1 Å². The highest BCUT2D eigenvalue weighted by atomic mass is 32.2. The molecule has 10 nitrogen and oxygen atoms in total. The summed E-state index contributed by atoms with van der Waals surface area (Å²) >= 11 is 0. The Morgan fingerprint density at radius 2 is 1.65 bits per heavy atom. The number of carbonyl (C=O) groups is 2. The van der Waals surface area contributed by atoms with Crippen LogP contribution in [0.2, 0.25) is 0 Å². The Hall–Kier alpha value is -5.17. The molecule has 1 fully saturated rings. The minimum Gasteiger partial charge on any atom is -0.455 e. The molecular formula is C35H33F2N5O5S. The first kappa shape index (κ1) is 32.8. The third kappa shape index (κ3) is 6.50. The minimum absolute atomic E-state index is 0.124. The van der Waals surface area contributed by atoms with Gasteiger partial charge in [-0.1, -0.05) is 19.1 Å². The van der Waals surface area contributed by atoms with Crippen LogP contribution in [0, 0.1) is 5.82 Å². The molecule has 13 heteroatoms. The maximum atomic E-state index is 13.8. The smallest absolute Gasteiger partial charge is 0.253 e. The van der Waals surface area contributed by atoms with E-state index >= 15 is 0 Å². The number of fused-ring (bicyclic) bond motifs is 1. The van der Waals surface area contributed by atoms with Gasteiger partial charge in [0.25, 0.3) is 5.91 Å². The molecule has 248 valence electrons. The molecule has 1 aliphatic heterocycles. The number of piperazine rings is 1. The Morgan fingerprint density at radius 3 is 2.29 bits per heavy atom. The molecule has 1 aliphatic rings. The molecule has 0 spiro atoms. The molecule has 0 bridgehead atoms. The Morgan fingerprint density at radius 1 is 0.938 bits per heavy atom. The van der Waals surface area contributed by atoms with E-state index in [4.69, 9.17) is 4.42 Å². The van der Waals surface area contributed by atoms with Crippen LogP contribution in [0.4, 0.5) is 20.4 Å². The van der Waals surface area contributed by atoms with Crippen LogP contribution in [0.5, 0.6) is 0 Å². The monoisotopic (exact) mass is 673 g/mol. The Labute approximate surface area is 276 Å². The summed E-state index contributed by atoms with van der Waals surface area (Å²) in [6, 6.07) is 17.1. The molecule has 0 N–H and O–H groups in total. The van der Waals surface area contributed by atoms with Crippen molar-refractivity contribution < 1.29 is 31.2 Å². The predicted molar refractivity (Wildman–Crippen MR) is 180 cm³/mol. The van der Waals surface area contributed by atoms with Gasteiger partial charge in [-0.15, -0.1) is 0 Å². The van der Waals surface area contributed by atoms with Crippen LogP contribution < -0.4 is 9.21 Å². The lowest BCUT2D eigenvalue weighted by molar-refractivity contribution is 0.0746. The van der Waals surface area contributed by atoms with E-state index in [2.05, 4.69) is 9.97 Å². The second kappa shape index (κ2) is 13.5. The molecule has 5 aromatic rings. The largest absolute Gasteiger partial charge is 0.455 e. The van der Waals surface area contributed by atoms with Gasteiger partial charge in [0.1, 0.15) is 23.8 Å². The molecule has 1 saturated heterocycles. The van der Waals surface area contributed by atoms with Crippen molar-refractivity contribution in [3.63, 3.8) is 0 Å². The number of amides is 1. The predicted octanol–water partition coefficient (Wildman–Crippen LogP) is 5.99. The van der Waals surface area contributed by atoms with Gasteiger partial charge >= 0.3 is 0 Å². The number of ketones is 1. The number of alkyl halides is 1. The number of aromatic nitrogens is 2. The van der Waals surface area contributed by atoms with Crippen molar-refractivity contribution >= 4 is 44.3 Å². The first-order chi connectivity index (χ1) is 23.1. The number of sulfonamides is 1. The van der Waals surface area contributed by atoms with Crippen LogP contribution in [-0.4, -0.2) is 80.6 Å². The Bertz CT molecular complexity index is 2080. The number of carbonyl (C=O) groups excluding carboxylic acids is 2.